The van der Waals surface area contributed by atoms with Gasteiger partial charge >= 0.3 is 6.18 Å². The number of halogens is 3. The number of anilines is 1. The quantitative estimate of drug-likeness (QED) is 0.533. The number of rotatable bonds is 6. The van der Waals surface area contributed by atoms with Gasteiger partial charge < -0.3 is 21.1 Å². The molecule has 2 aromatic carbocycles. The highest BCUT2D eigenvalue weighted by Crippen LogP contribution is 2.32. The molecule has 4 rings (SSSR count). The number of primary amides is 2. The third-order valence-electron chi connectivity index (χ3n) is 5.80. The molecule has 1 saturated heterocycles. The van der Waals surface area contributed by atoms with E-state index >= 15 is 0 Å². The summed E-state index contributed by atoms with van der Waals surface area (Å²) in [7, 11) is 1.81. The number of alkyl halides is 3. The van der Waals surface area contributed by atoms with Crippen LogP contribution in [0.4, 0.5) is 19.0 Å². The number of benzene rings is 2. The molecule has 12 heteroatoms. The zero-order chi connectivity index (χ0) is 26.0. The van der Waals surface area contributed by atoms with Crippen LogP contribution in [0.2, 0.25) is 0 Å². The Morgan fingerprint density at radius 1 is 0.972 bits per heavy atom. The van der Waals surface area contributed by atoms with Gasteiger partial charge in [0.25, 0.3) is 5.91 Å². The maximum atomic E-state index is 12.7. The minimum absolute atomic E-state index is 0.00892. The smallest absolute Gasteiger partial charge is 0.416 e. The van der Waals surface area contributed by atoms with Crippen LogP contribution in [0.25, 0.3) is 11.4 Å². The summed E-state index contributed by atoms with van der Waals surface area (Å²) in [5, 5.41) is 0. The van der Waals surface area contributed by atoms with E-state index in [9.17, 15) is 22.8 Å². The predicted octanol–water partition coefficient (Wildman–Crippen LogP) is 2.66. The van der Waals surface area contributed by atoms with E-state index in [4.69, 9.17) is 16.2 Å². The van der Waals surface area contributed by atoms with Crippen molar-refractivity contribution in [3.63, 3.8) is 0 Å². The number of likely N-dealkylation sites (N-methyl/N-ethyl adjacent to an activating group) is 1. The van der Waals surface area contributed by atoms with Crippen molar-refractivity contribution < 1.29 is 27.5 Å². The van der Waals surface area contributed by atoms with Crippen LogP contribution in [-0.2, 0) is 11.0 Å². The number of piperazine rings is 1. The second-order valence-electron chi connectivity index (χ2n) is 8.29. The molecule has 36 heavy (non-hydrogen) atoms. The van der Waals surface area contributed by atoms with Crippen molar-refractivity contribution in [1.82, 2.24) is 14.9 Å². The molecule has 0 bridgehead atoms. The first-order chi connectivity index (χ1) is 17.0. The molecular weight excluding hydrogens is 477 g/mol. The molecule has 0 saturated carbocycles. The average Bonchev–Trinajstić information content (AvgIpc) is 2.84. The summed E-state index contributed by atoms with van der Waals surface area (Å²) in [6.45, 7) is 1.41. The number of carbonyl (C=O) groups excluding carboxylic acids is 2. The van der Waals surface area contributed by atoms with E-state index in [1.807, 2.05) is 9.80 Å². The largest absolute Gasteiger partial charge is 0.457 e. The van der Waals surface area contributed by atoms with Gasteiger partial charge in [0.1, 0.15) is 29.1 Å². The van der Waals surface area contributed by atoms with Gasteiger partial charge in [-0.1, -0.05) is 0 Å². The van der Waals surface area contributed by atoms with Crippen molar-refractivity contribution in [2.75, 3.05) is 31.6 Å². The molecule has 0 spiro atoms. The Labute approximate surface area is 204 Å². The van der Waals surface area contributed by atoms with Crippen LogP contribution in [0.3, 0.4) is 0 Å². The summed E-state index contributed by atoms with van der Waals surface area (Å²) in [5.41, 5.74) is 10.8. The second kappa shape index (κ2) is 9.82. The number of nitrogens with two attached hydrogens (primary N) is 2. The fraction of sp³-hybridized carbons (Fsp3) is 0.250. The van der Waals surface area contributed by atoms with Gasteiger partial charge in [0.15, 0.2) is 5.82 Å². The zero-order valence-electron chi connectivity index (χ0n) is 19.2. The number of carbonyl (C=O) groups is 2. The zero-order valence-corrected chi connectivity index (χ0v) is 19.2. The predicted molar refractivity (Wildman–Crippen MR) is 125 cm³/mol. The topological polar surface area (TPSA) is 128 Å². The van der Waals surface area contributed by atoms with Crippen LogP contribution in [0, 0.1) is 0 Å². The average molecular weight is 500 g/mol. The van der Waals surface area contributed by atoms with E-state index in [1.54, 1.807) is 31.3 Å². The maximum absolute atomic E-state index is 12.7. The van der Waals surface area contributed by atoms with Gasteiger partial charge in [0.2, 0.25) is 5.91 Å². The normalized spacial score (nSPS) is 16.6. The monoisotopic (exact) mass is 500 g/mol. The molecule has 1 atom stereocenters. The van der Waals surface area contributed by atoms with E-state index in [2.05, 4.69) is 9.97 Å². The van der Waals surface area contributed by atoms with Crippen LogP contribution in [0.1, 0.15) is 16.1 Å². The third-order valence-corrected chi connectivity index (χ3v) is 5.80. The van der Waals surface area contributed by atoms with Crippen molar-refractivity contribution in [1.29, 1.82) is 0 Å². The van der Waals surface area contributed by atoms with Gasteiger partial charge in [-0.05, 0) is 55.6 Å². The van der Waals surface area contributed by atoms with Gasteiger partial charge in [-0.25, -0.2) is 9.97 Å². The number of hydrogen-bond donors (Lipinski definition) is 2. The lowest BCUT2D eigenvalue weighted by Crippen LogP contribution is -2.57. The van der Waals surface area contributed by atoms with E-state index in [0.717, 1.165) is 12.1 Å². The number of hydrogen-bond acceptors (Lipinski definition) is 7. The summed E-state index contributed by atoms with van der Waals surface area (Å²) in [5.74, 6) is 0.0883. The Morgan fingerprint density at radius 3 is 2.14 bits per heavy atom. The molecule has 0 aliphatic carbocycles. The minimum Gasteiger partial charge on any atom is -0.457 e. The fourth-order valence-corrected chi connectivity index (χ4v) is 3.76. The van der Waals surface area contributed by atoms with Crippen LogP contribution < -0.4 is 21.1 Å². The van der Waals surface area contributed by atoms with Crippen LogP contribution in [0.15, 0.2) is 54.6 Å². The van der Waals surface area contributed by atoms with Gasteiger partial charge in [-0.15, -0.1) is 0 Å². The lowest BCUT2D eigenvalue weighted by Gasteiger charge is -2.38. The third kappa shape index (κ3) is 5.54. The minimum atomic E-state index is -4.43. The Bertz CT molecular complexity index is 1270. The van der Waals surface area contributed by atoms with Crippen molar-refractivity contribution in [3.8, 4) is 22.9 Å². The first-order valence-electron chi connectivity index (χ1n) is 10.9. The summed E-state index contributed by atoms with van der Waals surface area (Å²) < 4.78 is 43.8. The van der Waals surface area contributed by atoms with Gasteiger partial charge in [-0.3, -0.25) is 14.5 Å². The molecule has 1 unspecified atom stereocenters. The van der Waals surface area contributed by atoms with Crippen LogP contribution in [0.5, 0.6) is 11.5 Å². The van der Waals surface area contributed by atoms with Crippen LogP contribution in [-0.4, -0.2) is 59.4 Å². The molecule has 4 N–H and O–H groups in total. The lowest BCUT2D eigenvalue weighted by molar-refractivity contribution is -0.137. The van der Waals surface area contributed by atoms with E-state index in [-0.39, 0.29) is 17.3 Å². The fourth-order valence-electron chi connectivity index (χ4n) is 3.76. The number of aromatic nitrogens is 2. The van der Waals surface area contributed by atoms with E-state index in [0.29, 0.717) is 36.8 Å². The molecule has 9 nitrogen and oxygen atoms in total. The second-order valence-corrected chi connectivity index (χ2v) is 8.29. The van der Waals surface area contributed by atoms with Gasteiger partial charge in [-0.2, -0.15) is 13.2 Å². The van der Waals surface area contributed by atoms with Crippen LogP contribution >= 0.6 is 0 Å². The molecule has 1 aliphatic heterocycles. The van der Waals surface area contributed by atoms with E-state index in [1.165, 1.54) is 18.2 Å². The standard InChI is InChI=1S/C24H23F3N6O3/c1-32-10-11-33(13-19(32)22(29)35)20-12-18(21(28)34)30-23(31-20)14-2-6-16(7-3-14)36-17-8-4-15(5-9-17)24(25,26)27/h2-9,12,19H,10-11,13H2,1H3,(H2,28,34)(H2,29,35). The first kappa shape index (κ1) is 24.9. The van der Waals surface area contributed by atoms with Gasteiger partial charge in [0, 0.05) is 31.3 Å². The first-order valence-corrected chi connectivity index (χ1v) is 10.9. The molecule has 1 aliphatic rings. The Kier molecular flexibility index (Phi) is 6.80. The number of nitrogens with zero attached hydrogens (tertiary/aromatic N) is 4. The van der Waals surface area contributed by atoms with E-state index < -0.39 is 29.6 Å². The summed E-state index contributed by atoms with van der Waals surface area (Å²) >= 11 is 0. The Hall–Kier alpha value is -4.19. The number of ether oxygens (including phenoxy) is 1. The van der Waals surface area contributed by atoms with Crippen molar-refractivity contribution in [3.05, 3.63) is 65.9 Å². The maximum Gasteiger partial charge on any atom is 0.416 e. The summed E-state index contributed by atoms with van der Waals surface area (Å²) in [6, 6.07) is 11.8. The Morgan fingerprint density at radius 2 is 1.58 bits per heavy atom. The Balaban J connectivity index is 1.57. The van der Waals surface area contributed by atoms with Crippen molar-refractivity contribution in [2.45, 2.75) is 12.2 Å². The molecule has 2 heterocycles. The highest BCUT2D eigenvalue weighted by molar-refractivity contribution is 5.92. The SMILES string of the molecule is CN1CCN(c2cc(C(N)=O)nc(-c3ccc(Oc4ccc(C(F)(F)F)cc4)cc3)n2)CC1C(N)=O. The summed E-state index contributed by atoms with van der Waals surface area (Å²) in [4.78, 5) is 36.3. The van der Waals surface area contributed by atoms with Crippen molar-refractivity contribution in [2.24, 2.45) is 11.5 Å². The highest BCUT2D eigenvalue weighted by atomic mass is 19.4. The molecule has 1 fully saturated rings. The lowest BCUT2D eigenvalue weighted by atomic mass is 10.1. The number of amides is 2. The van der Waals surface area contributed by atoms with Crippen molar-refractivity contribution >= 4 is 17.6 Å². The molecule has 3 aromatic rings. The highest BCUT2D eigenvalue weighted by Gasteiger charge is 2.31. The molecule has 0 radical (unpaired) electrons. The molecule has 1 aromatic heterocycles. The molecular formula is C24H23F3N6O3. The van der Waals surface area contributed by atoms with Gasteiger partial charge in [0.05, 0.1) is 5.56 Å². The summed E-state index contributed by atoms with van der Waals surface area (Å²) in [6.07, 6.45) is -4.43. The molecule has 2 amide bonds. The molecule has 188 valence electrons.